The largest absolute Gasteiger partial charge is 0.328 e. The predicted molar refractivity (Wildman–Crippen MR) is 56.0 cm³/mol. The van der Waals surface area contributed by atoms with Crippen LogP contribution in [0, 0.1) is 0 Å². The van der Waals surface area contributed by atoms with Gasteiger partial charge in [-0.3, -0.25) is 0 Å². The van der Waals surface area contributed by atoms with E-state index in [1.54, 1.807) is 16.8 Å². The van der Waals surface area contributed by atoms with Crippen LogP contribution in [0.15, 0.2) is 9.85 Å². The highest BCUT2D eigenvalue weighted by Gasteiger charge is 2.20. The van der Waals surface area contributed by atoms with Crippen LogP contribution >= 0.6 is 23.1 Å². The lowest BCUT2D eigenvalue weighted by Crippen LogP contribution is -2.27. The molecule has 0 aliphatic heterocycles. The zero-order chi connectivity index (χ0) is 9.10. The van der Waals surface area contributed by atoms with Gasteiger partial charge in [-0.25, -0.2) is 0 Å². The quantitative estimate of drug-likeness (QED) is 0.818. The van der Waals surface area contributed by atoms with E-state index >= 15 is 0 Å². The highest BCUT2D eigenvalue weighted by molar-refractivity contribution is 8.01. The molecule has 1 heterocycles. The van der Waals surface area contributed by atoms with Gasteiger partial charge in [0.2, 0.25) is 0 Å². The summed E-state index contributed by atoms with van der Waals surface area (Å²) < 4.78 is 1.10. The van der Waals surface area contributed by atoms with Crippen molar-refractivity contribution < 1.29 is 0 Å². The number of rotatable bonds is 2. The summed E-state index contributed by atoms with van der Waals surface area (Å²) >= 11 is 3.49. The van der Waals surface area contributed by atoms with Crippen LogP contribution in [-0.2, 0) is 0 Å². The summed E-state index contributed by atoms with van der Waals surface area (Å²) in [7, 11) is 0. The van der Waals surface area contributed by atoms with Crippen LogP contribution < -0.4 is 5.73 Å². The maximum Gasteiger partial charge on any atom is 0.174 e. The van der Waals surface area contributed by atoms with Crippen LogP contribution in [0.1, 0.15) is 25.7 Å². The average Bonchev–Trinajstić information content (AvgIpc) is 2.62. The van der Waals surface area contributed by atoms with Crippen LogP contribution in [0.4, 0.5) is 0 Å². The van der Waals surface area contributed by atoms with Crippen molar-refractivity contribution in [2.75, 3.05) is 0 Å². The van der Waals surface area contributed by atoms with Crippen molar-refractivity contribution in [2.45, 2.75) is 41.3 Å². The molecule has 0 unspecified atom stereocenters. The highest BCUT2D eigenvalue weighted by Crippen LogP contribution is 2.33. The molecule has 1 fully saturated rings. The lowest BCUT2D eigenvalue weighted by Gasteiger charge is -2.24. The first-order chi connectivity index (χ1) is 6.34. The minimum absolute atomic E-state index is 0.436. The Morgan fingerprint density at radius 1 is 1.38 bits per heavy atom. The molecule has 1 aromatic heterocycles. The van der Waals surface area contributed by atoms with Crippen molar-refractivity contribution in [3.05, 3.63) is 5.51 Å². The van der Waals surface area contributed by atoms with Gasteiger partial charge in [0.15, 0.2) is 4.34 Å². The number of hydrogen-bond acceptors (Lipinski definition) is 5. The van der Waals surface area contributed by atoms with Gasteiger partial charge < -0.3 is 5.73 Å². The maximum absolute atomic E-state index is 5.84. The minimum atomic E-state index is 0.436. The van der Waals surface area contributed by atoms with E-state index in [2.05, 4.69) is 10.2 Å². The summed E-state index contributed by atoms with van der Waals surface area (Å²) in [5.41, 5.74) is 7.62. The van der Waals surface area contributed by atoms with Crippen molar-refractivity contribution in [1.29, 1.82) is 0 Å². The van der Waals surface area contributed by atoms with E-state index in [0.29, 0.717) is 11.3 Å². The summed E-state index contributed by atoms with van der Waals surface area (Å²) in [6, 6.07) is 0.436. The molecule has 1 aliphatic carbocycles. The zero-order valence-corrected chi connectivity index (χ0v) is 8.98. The average molecular weight is 215 g/mol. The van der Waals surface area contributed by atoms with E-state index in [1.807, 2.05) is 11.8 Å². The molecular formula is C8H13N3S2. The molecule has 5 heteroatoms. The molecule has 1 aromatic rings. The molecule has 2 N–H and O–H groups in total. The van der Waals surface area contributed by atoms with Crippen molar-refractivity contribution in [3.8, 4) is 0 Å². The first-order valence-electron chi connectivity index (χ1n) is 4.53. The number of thioether (sulfide) groups is 1. The number of hydrogen-bond donors (Lipinski definition) is 1. The number of nitrogens with two attached hydrogens (primary N) is 1. The Labute approximate surface area is 86.1 Å². The summed E-state index contributed by atoms with van der Waals surface area (Å²) in [4.78, 5) is 0. The Balaban J connectivity index is 1.83. The topological polar surface area (TPSA) is 51.8 Å². The van der Waals surface area contributed by atoms with Gasteiger partial charge in [0.05, 0.1) is 0 Å². The van der Waals surface area contributed by atoms with Crippen LogP contribution in [0.25, 0.3) is 0 Å². The molecule has 1 saturated carbocycles. The van der Waals surface area contributed by atoms with Crippen molar-refractivity contribution in [2.24, 2.45) is 5.73 Å². The van der Waals surface area contributed by atoms with E-state index in [-0.39, 0.29) is 0 Å². The second-order valence-corrected chi connectivity index (χ2v) is 5.74. The van der Waals surface area contributed by atoms with Gasteiger partial charge in [0.1, 0.15) is 5.51 Å². The number of nitrogens with zero attached hydrogens (tertiary/aromatic N) is 2. The summed E-state index contributed by atoms with van der Waals surface area (Å²) in [6.07, 6.45) is 4.78. The van der Waals surface area contributed by atoms with Crippen molar-refractivity contribution >= 4 is 23.1 Å². The Bertz CT molecular complexity index is 242. The minimum Gasteiger partial charge on any atom is -0.328 e. The summed E-state index contributed by atoms with van der Waals surface area (Å²) in [6.45, 7) is 0. The Kier molecular flexibility index (Phi) is 3.18. The van der Waals surface area contributed by atoms with Crippen molar-refractivity contribution in [1.82, 2.24) is 10.2 Å². The van der Waals surface area contributed by atoms with Gasteiger partial charge in [-0.1, -0.05) is 23.1 Å². The molecule has 3 nitrogen and oxygen atoms in total. The maximum atomic E-state index is 5.84. The van der Waals surface area contributed by atoms with Gasteiger partial charge >= 0.3 is 0 Å². The van der Waals surface area contributed by atoms with Crippen molar-refractivity contribution in [3.63, 3.8) is 0 Å². The smallest absolute Gasteiger partial charge is 0.174 e. The first kappa shape index (κ1) is 9.43. The van der Waals surface area contributed by atoms with Crippen LogP contribution in [-0.4, -0.2) is 21.5 Å². The molecule has 72 valence electrons. The van der Waals surface area contributed by atoms with Crippen LogP contribution in [0.2, 0.25) is 0 Å². The SMILES string of the molecule is NC1CCC(Sc2nncs2)CC1. The molecule has 1 aliphatic rings. The lowest BCUT2D eigenvalue weighted by atomic mass is 9.96. The fourth-order valence-electron chi connectivity index (χ4n) is 1.56. The third-order valence-corrected chi connectivity index (χ3v) is 4.47. The second kappa shape index (κ2) is 4.39. The predicted octanol–water partition coefficient (Wildman–Crippen LogP) is 1.90. The zero-order valence-electron chi connectivity index (χ0n) is 7.35. The van der Waals surface area contributed by atoms with E-state index in [9.17, 15) is 0 Å². The molecule has 0 bridgehead atoms. The number of aromatic nitrogens is 2. The van der Waals surface area contributed by atoms with E-state index < -0.39 is 0 Å². The summed E-state index contributed by atoms with van der Waals surface area (Å²) in [5.74, 6) is 0. The molecule has 0 saturated heterocycles. The molecule has 13 heavy (non-hydrogen) atoms. The Morgan fingerprint density at radius 2 is 2.15 bits per heavy atom. The third-order valence-electron chi connectivity index (χ3n) is 2.33. The first-order valence-corrected chi connectivity index (χ1v) is 6.29. The lowest BCUT2D eigenvalue weighted by molar-refractivity contribution is 0.450. The molecule has 0 atom stereocenters. The van der Waals surface area contributed by atoms with E-state index in [4.69, 9.17) is 5.73 Å². The molecule has 0 aromatic carbocycles. The van der Waals surface area contributed by atoms with Crippen LogP contribution in [0.3, 0.4) is 0 Å². The molecule has 0 amide bonds. The van der Waals surface area contributed by atoms with Gasteiger partial charge in [0, 0.05) is 11.3 Å². The Hall–Kier alpha value is -0.130. The highest BCUT2D eigenvalue weighted by atomic mass is 32.2. The second-order valence-electron chi connectivity index (χ2n) is 3.36. The van der Waals surface area contributed by atoms with Gasteiger partial charge in [0.25, 0.3) is 0 Å². The van der Waals surface area contributed by atoms with Crippen LogP contribution in [0.5, 0.6) is 0 Å². The monoisotopic (exact) mass is 215 g/mol. The molecule has 0 spiro atoms. The summed E-state index contributed by atoms with van der Waals surface area (Å²) in [5, 5.41) is 8.57. The third kappa shape index (κ3) is 2.65. The normalized spacial score (nSPS) is 29.0. The molecule has 0 radical (unpaired) electrons. The fraction of sp³-hybridized carbons (Fsp3) is 0.750. The van der Waals surface area contributed by atoms with Gasteiger partial charge in [-0.15, -0.1) is 10.2 Å². The van der Waals surface area contributed by atoms with Gasteiger partial charge in [-0.2, -0.15) is 0 Å². The fourth-order valence-corrected chi connectivity index (χ4v) is 3.49. The van der Waals surface area contributed by atoms with Gasteiger partial charge in [-0.05, 0) is 25.7 Å². The molecular weight excluding hydrogens is 202 g/mol. The van der Waals surface area contributed by atoms with E-state index in [1.165, 1.54) is 12.8 Å². The standard InChI is InChI=1S/C8H13N3S2/c9-6-1-3-7(4-2-6)13-8-11-10-5-12-8/h5-7H,1-4,9H2. The Morgan fingerprint density at radius 3 is 2.77 bits per heavy atom. The van der Waals surface area contributed by atoms with E-state index in [0.717, 1.165) is 17.2 Å². The molecule has 2 rings (SSSR count).